The highest BCUT2D eigenvalue weighted by Gasteiger charge is 2.12. The number of nitrogens with zero attached hydrogens (tertiary/aromatic N) is 4. The van der Waals surface area contributed by atoms with Crippen LogP contribution in [0.2, 0.25) is 5.02 Å². The van der Waals surface area contributed by atoms with E-state index in [9.17, 15) is 0 Å². The number of halogens is 1. The molecule has 0 atom stereocenters. The van der Waals surface area contributed by atoms with Crippen LogP contribution in [0.25, 0.3) is 0 Å². The number of hydrogen-bond acceptors (Lipinski definition) is 6. The zero-order valence-electron chi connectivity index (χ0n) is 17.3. The molecule has 0 unspecified atom stereocenters. The highest BCUT2D eigenvalue weighted by molar-refractivity contribution is 7.98. The maximum atomic E-state index is 5.97. The summed E-state index contributed by atoms with van der Waals surface area (Å²) in [5, 5.41) is 14.8. The van der Waals surface area contributed by atoms with E-state index in [2.05, 4.69) is 22.2 Å². The van der Waals surface area contributed by atoms with Crippen LogP contribution in [-0.2, 0) is 12.2 Å². The van der Waals surface area contributed by atoms with Crippen molar-refractivity contribution < 1.29 is 9.47 Å². The zero-order chi connectivity index (χ0) is 21.3. The molecule has 3 rings (SSSR count). The summed E-state index contributed by atoms with van der Waals surface area (Å²) in [6.07, 6.45) is 3.55. The lowest BCUT2D eigenvalue weighted by Gasteiger charge is -2.09. The van der Waals surface area contributed by atoms with Crippen molar-refractivity contribution in [3.8, 4) is 11.5 Å². The Balaban J connectivity index is 1.81. The molecular weight excluding hydrogens is 420 g/mol. The average Bonchev–Trinajstić information content (AvgIpc) is 3.14. The first kappa shape index (κ1) is 22.2. The molecular formula is C22H25ClN4O2S. The lowest BCUT2D eigenvalue weighted by molar-refractivity contribution is 0.311. The molecule has 0 aliphatic rings. The second kappa shape index (κ2) is 11.0. The van der Waals surface area contributed by atoms with E-state index in [1.54, 1.807) is 25.1 Å². The van der Waals surface area contributed by atoms with Crippen molar-refractivity contribution in [1.82, 2.24) is 14.9 Å². The summed E-state index contributed by atoms with van der Waals surface area (Å²) in [6.45, 7) is 4.64. The smallest absolute Gasteiger partial charge is 0.212 e. The molecule has 8 heteroatoms. The number of hydrogen-bond donors (Lipinski definition) is 0. The number of aromatic nitrogens is 3. The van der Waals surface area contributed by atoms with Crippen molar-refractivity contribution >= 4 is 29.6 Å². The molecule has 0 bridgehead atoms. The summed E-state index contributed by atoms with van der Waals surface area (Å²) in [4.78, 5) is 0. The minimum Gasteiger partial charge on any atom is -0.493 e. The maximum absolute atomic E-state index is 5.97. The normalized spacial score (nSPS) is 11.2. The molecule has 158 valence electrons. The summed E-state index contributed by atoms with van der Waals surface area (Å²) < 4.78 is 12.8. The standard InChI is InChI=1S/C22H25ClN4O2S/c1-4-6-21-25-26-22(30-15-16-7-10-18(23)11-8-16)27(21)24-14-17-9-12-19(29-5-2)20(13-17)28-3/h7-14H,4-6,15H2,1-3H3/b24-14+. The second-order valence-electron chi connectivity index (χ2n) is 6.46. The lowest BCUT2D eigenvalue weighted by Crippen LogP contribution is -2.01. The minimum atomic E-state index is 0.582. The van der Waals surface area contributed by atoms with Crippen molar-refractivity contribution in [3.05, 3.63) is 64.4 Å². The largest absolute Gasteiger partial charge is 0.493 e. The Morgan fingerprint density at radius 2 is 1.90 bits per heavy atom. The summed E-state index contributed by atoms with van der Waals surface area (Å²) >= 11 is 7.56. The number of thioether (sulfide) groups is 1. The van der Waals surface area contributed by atoms with Crippen LogP contribution < -0.4 is 9.47 Å². The molecule has 1 aromatic heterocycles. The van der Waals surface area contributed by atoms with Crippen molar-refractivity contribution in [3.63, 3.8) is 0 Å². The Kier molecular flexibility index (Phi) is 8.16. The van der Waals surface area contributed by atoms with Gasteiger partial charge in [0.15, 0.2) is 17.3 Å². The molecule has 0 spiro atoms. The number of methoxy groups -OCH3 is 1. The first-order valence-corrected chi connectivity index (χ1v) is 11.2. The van der Waals surface area contributed by atoms with Gasteiger partial charge >= 0.3 is 0 Å². The van der Waals surface area contributed by atoms with Crippen LogP contribution in [0.1, 0.15) is 37.2 Å². The Labute approximate surface area is 186 Å². The van der Waals surface area contributed by atoms with Gasteiger partial charge in [-0.3, -0.25) is 0 Å². The van der Waals surface area contributed by atoms with Crippen LogP contribution in [0, 0.1) is 0 Å². The van der Waals surface area contributed by atoms with Gasteiger partial charge in [0.1, 0.15) is 0 Å². The van der Waals surface area contributed by atoms with E-state index in [0.29, 0.717) is 18.1 Å². The van der Waals surface area contributed by atoms with E-state index >= 15 is 0 Å². The predicted molar refractivity (Wildman–Crippen MR) is 122 cm³/mol. The number of ether oxygens (including phenoxy) is 2. The fraction of sp³-hybridized carbons (Fsp3) is 0.318. The van der Waals surface area contributed by atoms with Gasteiger partial charge in [0, 0.05) is 17.2 Å². The molecule has 0 N–H and O–H groups in total. The van der Waals surface area contributed by atoms with Crippen LogP contribution >= 0.6 is 23.4 Å². The zero-order valence-corrected chi connectivity index (χ0v) is 18.9. The third kappa shape index (κ3) is 5.77. The summed E-state index contributed by atoms with van der Waals surface area (Å²) in [7, 11) is 1.63. The van der Waals surface area contributed by atoms with Gasteiger partial charge in [0.2, 0.25) is 5.16 Å². The molecule has 30 heavy (non-hydrogen) atoms. The monoisotopic (exact) mass is 444 g/mol. The Morgan fingerprint density at radius 3 is 2.60 bits per heavy atom. The van der Waals surface area contributed by atoms with Crippen molar-refractivity contribution in [2.24, 2.45) is 5.10 Å². The van der Waals surface area contributed by atoms with E-state index in [4.69, 9.17) is 21.1 Å². The molecule has 0 radical (unpaired) electrons. The van der Waals surface area contributed by atoms with Crippen LogP contribution in [0.15, 0.2) is 52.7 Å². The first-order chi connectivity index (χ1) is 14.6. The van der Waals surface area contributed by atoms with Gasteiger partial charge in [-0.2, -0.15) is 9.78 Å². The van der Waals surface area contributed by atoms with E-state index in [0.717, 1.165) is 45.7 Å². The van der Waals surface area contributed by atoms with Crippen molar-refractivity contribution in [1.29, 1.82) is 0 Å². The van der Waals surface area contributed by atoms with Gasteiger partial charge in [-0.1, -0.05) is 42.4 Å². The fourth-order valence-electron chi connectivity index (χ4n) is 2.77. The average molecular weight is 445 g/mol. The second-order valence-corrected chi connectivity index (χ2v) is 7.84. The maximum Gasteiger partial charge on any atom is 0.212 e. The third-order valence-electron chi connectivity index (χ3n) is 4.24. The third-order valence-corrected chi connectivity index (χ3v) is 5.48. The predicted octanol–water partition coefficient (Wildman–Crippen LogP) is 5.47. The van der Waals surface area contributed by atoms with Gasteiger partial charge in [-0.25, -0.2) is 0 Å². The van der Waals surface area contributed by atoms with E-state index in [-0.39, 0.29) is 0 Å². The molecule has 0 fully saturated rings. The number of benzene rings is 2. The van der Waals surface area contributed by atoms with Gasteiger partial charge in [0.25, 0.3) is 0 Å². The number of rotatable bonds is 10. The molecule has 0 aliphatic heterocycles. The topological polar surface area (TPSA) is 61.5 Å². The molecule has 0 saturated carbocycles. The highest BCUT2D eigenvalue weighted by atomic mass is 35.5. The Morgan fingerprint density at radius 1 is 1.10 bits per heavy atom. The molecule has 0 amide bonds. The highest BCUT2D eigenvalue weighted by Crippen LogP contribution is 2.28. The Hall–Kier alpha value is -2.51. The van der Waals surface area contributed by atoms with Gasteiger partial charge in [-0.15, -0.1) is 10.2 Å². The minimum absolute atomic E-state index is 0.582. The quantitative estimate of drug-likeness (QED) is 0.306. The van der Waals surface area contributed by atoms with E-state index in [1.807, 2.05) is 54.1 Å². The SMILES string of the molecule is CCCc1nnc(SCc2ccc(Cl)cc2)n1/N=C/c1ccc(OCC)c(OC)c1. The molecule has 1 heterocycles. The summed E-state index contributed by atoms with van der Waals surface area (Å²) in [5.74, 6) is 2.99. The first-order valence-electron chi connectivity index (χ1n) is 9.81. The lowest BCUT2D eigenvalue weighted by atomic mass is 10.2. The molecule has 0 aliphatic carbocycles. The van der Waals surface area contributed by atoms with E-state index in [1.165, 1.54) is 0 Å². The van der Waals surface area contributed by atoms with Gasteiger partial charge < -0.3 is 9.47 Å². The van der Waals surface area contributed by atoms with Crippen LogP contribution in [0.4, 0.5) is 0 Å². The summed E-state index contributed by atoms with van der Waals surface area (Å²) in [5.41, 5.74) is 2.07. The molecule has 2 aromatic carbocycles. The van der Waals surface area contributed by atoms with Crippen LogP contribution in [0.5, 0.6) is 11.5 Å². The van der Waals surface area contributed by atoms with E-state index < -0.39 is 0 Å². The van der Waals surface area contributed by atoms with Crippen molar-refractivity contribution in [2.45, 2.75) is 37.6 Å². The Bertz CT molecular complexity index is 989. The van der Waals surface area contributed by atoms with Crippen LogP contribution in [0.3, 0.4) is 0 Å². The summed E-state index contributed by atoms with van der Waals surface area (Å²) in [6, 6.07) is 13.5. The fourth-order valence-corrected chi connectivity index (χ4v) is 3.76. The van der Waals surface area contributed by atoms with Gasteiger partial charge in [0.05, 0.1) is 19.9 Å². The molecule has 3 aromatic rings. The van der Waals surface area contributed by atoms with Gasteiger partial charge in [-0.05, 0) is 54.8 Å². The molecule has 6 nitrogen and oxygen atoms in total. The van der Waals surface area contributed by atoms with Crippen LogP contribution in [-0.4, -0.2) is 34.8 Å². The number of aryl methyl sites for hydroxylation is 1. The van der Waals surface area contributed by atoms with Crippen molar-refractivity contribution in [2.75, 3.05) is 13.7 Å². The molecule has 0 saturated heterocycles.